The number of aryl methyl sites for hydroxylation is 1. The number of amides is 2. The van der Waals surface area contributed by atoms with Crippen LogP contribution >= 0.6 is 0 Å². The number of rotatable bonds is 5. The van der Waals surface area contributed by atoms with E-state index in [1.54, 1.807) is 4.90 Å². The summed E-state index contributed by atoms with van der Waals surface area (Å²) in [5.41, 5.74) is 4.06. The van der Waals surface area contributed by atoms with Gasteiger partial charge in [-0.3, -0.25) is 4.79 Å². The number of likely N-dealkylation sites (tertiary alicyclic amines) is 1. The molecule has 2 amide bonds. The Bertz CT molecular complexity index is 921. The first-order valence-electron chi connectivity index (χ1n) is 10.8. The Morgan fingerprint density at radius 1 is 1.07 bits per heavy atom. The molecule has 2 aliphatic heterocycles. The molecule has 1 fully saturated rings. The second-order valence-electron chi connectivity index (χ2n) is 7.77. The van der Waals surface area contributed by atoms with Crippen LogP contribution in [0.25, 0.3) is 0 Å². The third-order valence-electron chi connectivity index (χ3n) is 6.07. The van der Waals surface area contributed by atoms with E-state index in [0.29, 0.717) is 19.7 Å². The summed E-state index contributed by atoms with van der Waals surface area (Å²) in [4.78, 5) is 29.1. The van der Waals surface area contributed by atoms with Gasteiger partial charge in [0, 0.05) is 35.9 Å². The second kappa shape index (κ2) is 8.78. The van der Waals surface area contributed by atoms with Crippen LogP contribution in [0.5, 0.6) is 0 Å². The molecule has 1 saturated heterocycles. The number of fused-ring (bicyclic) bond motifs is 1. The van der Waals surface area contributed by atoms with E-state index in [1.165, 1.54) is 5.56 Å². The Labute approximate surface area is 177 Å². The molecule has 30 heavy (non-hydrogen) atoms. The van der Waals surface area contributed by atoms with Crippen molar-refractivity contribution < 1.29 is 14.3 Å². The summed E-state index contributed by atoms with van der Waals surface area (Å²) in [7, 11) is 0. The zero-order valence-corrected chi connectivity index (χ0v) is 17.6. The van der Waals surface area contributed by atoms with Crippen molar-refractivity contribution in [1.29, 1.82) is 0 Å². The highest BCUT2D eigenvalue weighted by Crippen LogP contribution is 2.38. The summed E-state index contributed by atoms with van der Waals surface area (Å²) < 4.78 is 5.13. The van der Waals surface area contributed by atoms with Crippen LogP contribution in [0, 0.1) is 0 Å². The Hall–Kier alpha value is -3.02. The zero-order valence-electron chi connectivity index (χ0n) is 17.6. The molecule has 2 heterocycles. The third kappa shape index (κ3) is 3.74. The van der Waals surface area contributed by atoms with E-state index in [4.69, 9.17) is 4.74 Å². The molecule has 1 N–H and O–H groups in total. The summed E-state index contributed by atoms with van der Waals surface area (Å²) in [6.07, 6.45) is 1.93. The van der Waals surface area contributed by atoms with Gasteiger partial charge in [-0.25, -0.2) is 4.79 Å². The number of hydrogen-bond donors (Lipinski definition) is 1. The predicted molar refractivity (Wildman–Crippen MR) is 116 cm³/mol. The van der Waals surface area contributed by atoms with Crippen LogP contribution in [-0.4, -0.2) is 47.5 Å². The van der Waals surface area contributed by atoms with Gasteiger partial charge in [0.05, 0.1) is 6.61 Å². The third-order valence-corrected chi connectivity index (χ3v) is 6.07. The first-order valence-corrected chi connectivity index (χ1v) is 10.8. The van der Waals surface area contributed by atoms with Gasteiger partial charge in [0.15, 0.2) is 0 Å². The number of nitrogens with one attached hydrogen (secondary N) is 1. The molecule has 2 aromatic rings. The van der Waals surface area contributed by atoms with Crippen LogP contribution in [-0.2, 0) is 11.2 Å². The number of nitrogens with zero attached hydrogens (tertiary/aromatic N) is 2. The lowest BCUT2D eigenvalue weighted by Gasteiger charge is -2.39. The average Bonchev–Trinajstić information content (AvgIpc) is 3.06. The highest BCUT2D eigenvalue weighted by atomic mass is 16.6. The van der Waals surface area contributed by atoms with E-state index in [1.807, 2.05) is 48.2 Å². The molecule has 0 aliphatic carbocycles. The van der Waals surface area contributed by atoms with Crippen LogP contribution in [0.2, 0.25) is 0 Å². The molecular weight excluding hydrogens is 378 g/mol. The number of carbonyl (C=O) groups excluding carboxylic acids is 2. The van der Waals surface area contributed by atoms with Crippen molar-refractivity contribution in [3.8, 4) is 0 Å². The second-order valence-corrected chi connectivity index (χ2v) is 7.77. The SMILES string of the molecule is CCOC(=O)N1CCC(N2C(=O)c3ccccc3[C@H]2Nc2ccccc2CC)CC1. The highest BCUT2D eigenvalue weighted by molar-refractivity contribution is 5.99. The minimum atomic E-state index is -0.265. The largest absolute Gasteiger partial charge is 0.450 e. The van der Waals surface area contributed by atoms with E-state index in [0.717, 1.165) is 36.1 Å². The lowest BCUT2D eigenvalue weighted by Crippen LogP contribution is -2.49. The molecule has 0 unspecified atom stereocenters. The number of piperidine rings is 1. The maximum atomic E-state index is 13.3. The fourth-order valence-corrected chi connectivity index (χ4v) is 4.52. The van der Waals surface area contributed by atoms with E-state index in [2.05, 4.69) is 24.4 Å². The minimum Gasteiger partial charge on any atom is -0.450 e. The fourth-order valence-electron chi connectivity index (χ4n) is 4.52. The quantitative estimate of drug-likeness (QED) is 0.796. The zero-order chi connectivity index (χ0) is 21.1. The first kappa shape index (κ1) is 20.3. The Balaban J connectivity index is 1.58. The smallest absolute Gasteiger partial charge is 0.409 e. The maximum absolute atomic E-state index is 13.3. The Morgan fingerprint density at radius 2 is 1.77 bits per heavy atom. The molecule has 6 nitrogen and oxygen atoms in total. The topological polar surface area (TPSA) is 61.9 Å². The van der Waals surface area contributed by atoms with Gasteiger partial charge in [0.2, 0.25) is 0 Å². The number of para-hydroxylation sites is 1. The molecule has 0 radical (unpaired) electrons. The molecular formula is C24H29N3O3. The van der Waals surface area contributed by atoms with Gasteiger partial charge in [0.25, 0.3) is 5.91 Å². The van der Waals surface area contributed by atoms with E-state index >= 15 is 0 Å². The van der Waals surface area contributed by atoms with Gasteiger partial charge >= 0.3 is 6.09 Å². The highest BCUT2D eigenvalue weighted by Gasteiger charge is 2.42. The molecule has 1 atom stereocenters. The van der Waals surface area contributed by atoms with Gasteiger partial charge in [0.1, 0.15) is 6.17 Å². The van der Waals surface area contributed by atoms with Crippen molar-refractivity contribution in [2.75, 3.05) is 25.0 Å². The van der Waals surface area contributed by atoms with Crippen molar-refractivity contribution in [3.05, 3.63) is 65.2 Å². The molecule has 2 aromatic carbocycles. The van der Waals surface area contributed by atoms with Gasteiger partial charge in [-0.2, -0.15) is 0 Å². The van der Waals surface area contributed by atoms with Gasteiger partial charge in [-0.15, -0.1) is 0 Å². The maximum Gasteiger partial charge on any atom is 0.409 e. The van der Waals surface area contributed by atoms with E-state index < -0.39 is 0 Å². The number of benzene rings is 2. The van der Waals surface area contributed by atoms with Crippen LogP contribution in [0.3, 0.4) is 0 Å². The summed E-state index contributed by atoms with van der Waals surface area (Å²) in [6.45, 7) is 5.53. The van der Waals surface area contributed by atoms with Crippen molar-refractivity contribution in [1.82, 2.24) is 9.80 Å². The normalized spacial score (nSPS) is 19.0. The first-order chi connectivity index (χ1) is 14.6. The molecule has 6 heteroatoms. The predicted octanol–water partition coefficient (Wildman–Crippen LogP) is 4.44. The summed E-state index contributed by atoms with van der Waals surface area (Å²) in [5, 5.41) is 3.65. The molecule has 158 valence electrons. The molecule has 0 saturated carbocycles. The van der Waals surface area contributed by atoms with Crippen LogP contribution in [0.15, 0.2) is 48.5 Å². The van der Waals surface area contributed by atoms with Crippen LogP contribution < -0.4 is 5.32 Å². The van der Waals surface area contributed by atoms with Gasteiger partial charge in [-0.1, -0.05) is 43.3 Å². The standard InChI is InChI=1S/C24H29N3O3/c1-3-17-9-5-8-12-21(17)25-22-19-10-6-7-11-20(19)23(28)27(22)18-13-15-26(16-14-18)24(29)30-4-2/h5-12,18,22,25H,3-4,13-16H2,1-2H3/t22-/m0/s1. The Kier molecular flexibility index (Phi) is 5.93. The molecule has 0 aromatic heterocycles. The number of hydrogen-bond acceptors (Lipinski definition) is 4. The molecule has 4 rings (SSSR count). The average molecular weight is 408 g/mol. The lowest BCUT2D eigenvalue weighted by molar-refractivity contribution is 0.0496. The van der Waals surface area contributed by atoms with Crippen LogP contribution in [0.4, 0.5) is 10.5 Å². The molecule has 2 aliphatic rings. The number of anilines is 1. The summed E-state index contributed by atoms with van der Waals surface area (Å²) in [5.74, 6) is 0.0617. The van der Waals surface area contributed by atoms with Crippen molar-refractivity contribution in [3.63, 3.8) is 0 Å². The number of ether oxygens (including phenoxy) is 1. The molecule has 0 spiro atoms. The van der Waals surface area contributed by atoms with Crippen LogP contribution in [0.1, 0.15) is 54.3 Å². The van der Waals surface area contributed by atoms with Crippen molar-refractivity contribution in [2.45, 2.75) is 45.3 Å². The summed E-state index contributed by atoms with van der Waals surface area (Å²) >= 11 is 0. The fraction of sp³-hybridized carbons (Fsp3) is 0.417. The Morgan fingerprint density at radius 3 is 2.50 bits per heavy atom. The lowest BCUT2D eigenvalue weighted by atomic mass is 10.0. The van der Waals surface area contributed by atoms with Crippen molar-refractivity contribution >= 4 is 17.7 Å². The number of carbonyl (C=O) groups is 2. The van der Waals surface area contributed by atoms with Crippen molar-refractivity contribution in [2.24, 2.45) is 0 Å². The minimum absolute atomic E-state index is 0.0617. The van der Waals surface area contributed by atoms with E-state index in [9.17, 15) is 9.59 Å². The van der Waals surface area contributed by atoms with Gasteiger partial charge in [-0.05, 0) is 43.9 Å². The molecule has 0 bridgehead atoms. The van der Waals surface area contributed by atoms with E-state index in [-0.39, 0.29) is 24.2 Å². The van der Waals surface area contributed by atoms with Gasteiger partial charge < -0.3 is 19.9 Å². The monoisotopic (exact) mass is 407 g/mol. The summed E-state index contributed by atoms with van der Waals surface area (Å²) in [6, 6.07) is 16.2.